The molecule has 148 valence electrons. The number of aliphatic hydroxyl groups excluding tert-OH is 1. The third-order valence-electron chi connectivity index (χ3n) is 5.75. The van der Waals surface area contributed by atoms with E-state index < -0.39 is 40.6 Å². The lowest BCUT2D eigenvalue weighted by Gasteiger charge is -2.36. The van der Waals surface area contributed by atoms with Gasteiger partial charge in [0.05, 0.1) is 11.5 Å². The van der Waals surface area contributed by atoms with E-state index in [-0.39, 0.29) is 34.6 Å². The van der Waals surface area contributed by atoms with E-state index >= 15 is 0 Å². The van der Waals surface area contributed by atoms with E-state index in [1.807, 2.05) is 0 Å². The molecule has 4 rings (SSSR count). The Kier molecular flexibility index (Phi) is 3.86. The van der Waals surface area contributed by atoms with Crippen molar-refractivity contribution in [3.8, 4) is 17.2 Å². The lowest BCUT2D eigenvalue weighted by atomic mass is 9.66. The van der Waals surface area contributed by atoms with Crippen LogP contribution in [0, 0.1) is 5.92 Å². The average Bonchev–Trinajstić information content (AvgIpc) is 2.66. The van der Waals surface area contributed by atoms with Crippen LogP contribution in [0.2, 0.25) is 0 Å². The highest BCUT2D eigenvalue weighted by Gasteiger charge is 2.45. The predicted octanol–water partition coefficient (Wildman–Crippen LogP) is 1.19. The normalized spacial score (nSPS) is 20.0. The number of allylic oxidation sites excluding steroid dienone is 1. The van der Waals surface area contributed by atoms with Crippen molar-refractivity contribution in [2.45, 2.75) is 19.3 Å². The number of aromatic hydroxyl groups is 3. The van der Waals surface area contributed by atoms with Gasteiger partial charge in [-0.15, -0.1) is 0 Å². The fourth-order valence-electron chi connectivity index (χ4n) is 4.47. The number of rotatable bonds is 2. The molecule has 0 fully saturated rings. The number of benzene rings is 2. The van der Waals surface area contributed by atoms with E-state index in [0.717, 1.165) is 6.07 Å². The first-order valence-corrected chi connectivity index (χ1v) is 8.81. The molecule has 29 heavy (non-hydrogen) atoms. The van der Waals surface area contributed by atoms with Crippen LogP contribution in [0.4, 0.5) is 5.69 Å². The molecule has 2 aromatic carbocycles. The van der Waals surface area contributed by atoms with E-state index in [9.17, 15) is 30.0 Å². The lowest BCUT2D eigenvalue weighted by Crippen LogP contribution is -2.33. The summed E-state index contributed by atoms with van der Waals surface area (Å²) in [6.45, 7) is 1.74. The molecule has 0 aromatic heterocycles. The Hall–Kier alpha value is -3.88. The smallest absolute Gasteiger partial charge is 0.256 e. The van der Waals surface area contributed by atoms with Crippen molar-refractivity contribution in [3.63, 3.8) is 0 Å². The van der Waals surface area contributed by atoms with Crippen LogP contribution < -0.4 is 11.3 Å². The van der Waals surface area contributed by atoms with Crippen molar-refractivity contribution in [1.29, 1.82) is 0 Å². The van der Waals surface area contributed by atoms with E-state index in [2.05, 4.69) is 5.11 Å². The van der Waals surface area contributed by atoms with Crippen LogP contribution in [-0.2, 0) is 6.42 Å². The molecule has 0 saturated heterocycles. The summed E-state index contributed by atoms with van der Waals surface area (Å²) in [6.07, 6.45) is -0.0484. The maximum atomic E-state index is 13.2. The third-order valence-corrected chi connectivity index (χ3v) is 5.75. The molecule has 0 heterocycles. The van der Waals surface area contributed by atoms with Gasteiger partial charge in [0, 0.05) is 22.6 Å². The predicted molar refractivity (Wildman–Crippen MR) is 99.9 cm³/mol. The van der Waals surface area contributed by atoms with Gasteiger partial charge in [0.2, 0.25) is 0 Å². The van der Waals surface area contributed by atoms with E-state index in [0.29, 0.717) is 16.8 Å². The van der Waals surface area contributed by atoms with Crippen LogP contribution >= 0.6 is 0 Å². The number of aliphatic hydroxyl groups is 1. The van der Waals surface area contributed by atoms with E-state index in [1.165, 1.54) is 12.1 Å². The fraction of sp³-hybridized carbons (Fsp3) is 0.200. The van der Waals surface area contributed by atoms with Gasteiger partial charge in [0.1, 0.15) is 34.3 Å². The number of ketones is 1. The third kappa shape index (κ3) is 2.33. The van der Waals surface area contributed by atoms with Crippen LogP contribution in [0.5, 0.6) is 17.2 Å². The minimum absolute atomic E-state index is 0.0484. The number of nitrogens with two attached hydrogens (primary N) is 2. The van der Waals surface area contributed by atoms with Crippen LogP contribution in [0.25, 0.3) is 5.76 Å². The van der Waals surface area contributed by atoms with Crippen LogP contribution in [0.3, 0.4) is 0 Å². The number of carbonyl (C=O) groups excluding carboxylic acids is 2. The van der Waals surface area contributed by atoms with E-state index in [4.69, 9.17) is 11.3 Å². The summed E-state index contributed by atoms with van der Waals surface area (Å²) < 4.78 is 0. The second-order valence-electron chi connectivity index (χ2n) is 7.18. The molecule has 0 saturated carbocycles. The van der Waals surface area contributed by atoms with Gasteiger partial charge < -0.3 is 26.2 Å². The standard InChI is InChI=1S/C20H17N3O6/c1-6-13-9(19(28)15-11(24)3-2-10(23-22)14(6)15)4-7-8(17(13)26)5-12(25)16(18(7)27)20(21)29/h2-3,5-6,9,22,24-27H,4H2,1H3,(H2,21,29)/p+1. The first kappa shape index (κ1) is 18.5. The molecule has 0 radical (unpaired) electrons. The highest BCUT2D eigenvalue weighted by atomic mass is 16.3. The maximum Gasteiger partial charge on any atom is 0.256 e. The largest absolute Gasteiger partial charge is 0.507 e. The molecule has 0 bridgehead atoms. The number of fused-ring (bicyclic) bond motifs is 3. The Labute approximate surface area is 164 Å². The van der Waals surface area contributed by atoms with E-state index in [1.54, 1.807) is 6.92 Å². The van der Waals surface area contributed by atoms with Crippen molar-refractivity contribution in [1.82, 2.24) is 0 Å². The van der Waals surface area contributed by atoms with Crippen molar-refractivity contribution in [2.75, 3.05) is 0 Å². The number of primary amides is 1. The number of phenols is 3. The molecule has 8 N–H and O–H groups in total. The monoisotopic (exact) mass is 396 g/mol. The number of carbonyl (C=O) groups is 2. The Morgan fingerprint density at radius 1 is 1.21 bits per heavy atom. The van der Waals surface area contributed by atoms with Crippen molar-refractivity contribution in [3.05, 3.63) is 51.6 Å². The van der Waals surface area contributed by atoms with Gasteiger partial charge in [-0.25, -0.2) is 0 Å². The number of hydrogen-bond acceptors (Lipinski definition) is 7. The Morgan fingerprint density at radius 2 is 1.90 bits per heavy atom. The van der Waals surface area contributed by atoms with Gasteiger partial charge in [0.15, 0.2) is 5.78 Å². The van der Waals surface area contributed by atoms with Gasteiger partial charge in [-0.05, 0) is 35.3 Å². The number of hydrogen-bond donors (Lipinski definition) is 6. The zero-order valence-corrected chi connectivity index (χ0v) is 15.3. The number of phenolic OH excluding ortho intramolecular Hbond substituents is 1. The minimum atomic E-state index is -1.04. The number of amides is 1. The zero-order valence-electron chi connectivity index (χ0n) is 15.3. The first-order valence-electron chi connectivity index (χ1n) is 8.81. The van der Waals surface area contributed by atoms with Crippen molar-refractivity contribution < 1.29 is 35.5 Å². The molecular weight excluding hydrogens is 378 g/mol. The first-order chi connectivity index (χ1) is 13.7. The van der Waals surface area contributed by atoms with Gasteiger partial charge in [-0.1, -0.05) is 6.92 Å². The summed E-state index contributed by atoms with van der Waals surface area (Å²) >= 11 is 0. The highest BCUT2D eigenvalue weighted by Crippen LogP contribution is 2.53. The lowest BCUT2D eigenvalue weighted by molar-refractivity contribution is -0.210. The number of nitrogens with zero attached hydrogens (tertiary/aromatic N) is 1. The molecule has 0 aliphatic heterocycles. The zero-order chi connectivity index (χ0) is 21.2. The molecular formula is C20H18N3O6+. The summed E-state index contributed by atoms with van der Waals surface area (Å²) in [5, 5.41) is 45.5. The summed E-state index contributed by atoms with van der Waals surface area (Å²) in [5.74, 6) is -4.63. The molecule has 2 unspecified atom stereocenters. The molecule has 1 amide bonds. The number of Topliss-reactive ketones (excluding diaryl/α,β-unsaturated/α-hetero) is 1. The van der Waals surface area contributed by atoms with Gasteiger partial charge in [0.25, 0.3) is 5.91 Å². The molecule has 0 spiro atoms. The maximum absolute atomic E-state index is 13.2. The van der Waals surface area contributed by atoms with Gasteiger partial charge in [-0.2, -0.15) is 5.53 Å². The highest BCUT2D eigenvalue weighted by molar-refractivity contribution is 6.08. The summed E-state index contributed by atoms with van der Waals surface area (Å²) in [6, 6.07) is 3.93. The Bertz CT molecular complexity index is 1170. The Balaban J connectivity index is 2.03. The SMILES string of the molecule is CC1C2=C(O)c3cc(O)c(C(N)=O)c(O)c3CC2C(=O)c2c(O)ccc(N=[NH2+])c21. The topological polar surface area (TPSA) is 179 Å². The molecule has 2 aromatic rings. The van der Waals surface area contributed by atoms with Gasteiger partial charge in [-0.3, -0.25) is 9.59 Å². The van der Waals surface area contributed by atoms with Crippen LogP contribution in [-0.4, -0.2) is 32.1 Å². The quantitative estimate of drug-likeness (QED) is 0.415. The molecule has 2 aliphatic rings. The Morgan fingerprint density at radius 3 is 2.52 bits per heavy atom. The van der Waals surface area contributed by atoms with Gasteiger partial charge >= 0.3 is 0 Å². The summed E-state index contributed by atoms with van der Waals surface area (Å²) in [5.41, 5.74) is 11.5. The molecule has 9 nitrogen and oxygen atoms in total. The minimum Gasteiger partial charge on any atom is -0.507 e. The summed E-state index contributed by atoms with van der Waals surface area (Å²) in [7, 11) is 0. The second kappa shape index (κ2) is 6.06. The molecule has 2 atom stereocenters. The second-order valence-corrected chi connectivity index (χ2v) is 7.18. The summed E-state index contributed by atoms with van der Waals surface area (Å²) in [4.78, 5) is 24.8. The van der Waals surface area contributed by atoms with Crippen LogP contribution in [0.15, 0.2) is 28.9 Å². The average molecular weight is 396 g/mol. The van der Waals surface area contributed by atoms with Crippen molar-refractivity contribution >= 4 is 23.1 Å². The molecule has 9 heteroatoms. The van der Waals surface area contributed by atoms with Crippen LogP contribution in [0.1, 0.15) is 50.2 Å². The van der Waals surface area contributed by atoms with Crippen molar-refractivity contribution in [2.24, 2.45) is 16.8 Å². The fourth-order valence-corrected chi connectivity index (χ4v) is 4.47. The molecule has 2 aliphatic carbocycles.